The Hall–Kier alpha value is -2.22. The van der Waals surface area contributed by atoms with Crippen molar-refractivity contribution in [2.24, 2.45) is 22.7 Å². The van der Waals surface area contributed by atoms with Crippen LogP contribution in [0.25, 0.3) is 0 Å². The van der Waals surface area contributed by atoms with Gasteiger partial charge in [-0.3, -0.25) is 19.2 Å². The standard InChI is InChI=1S/C16H20O8/c1-6-8-5-9(18)10(7(2)17)11(19)14(8,3)16(12(20)21,13(22)23)15(6,4)24/h6,8,19,24H,5H2,1-4H3,(H,20,21)(H,22,23)/t6-,8-,14+,15-/m0/s1. The fourth-order valence-electron chi connectivity index (χ4n) is 4.80. The van der Waals surface area contributed by atoms with Gasteiger partial charge in [-0.15, -0.1) is 0 Å². The summed E-state index contributed by atoms with van der Waals surface area (Å²) in [5.41, 5.74) is -7.67. The van der Waals surface area contributed by atoms with Crippen LogP contribution < -0.4 is 0 Å². The van der Waals surface area contributed by atoms with Crippen molar-refractivity contribution in [1.82, 2.24) is 0 Å². The van der Waals surface area contributed by atoms with Gasteiger partial charge in [0.2, 0.25) is 5.41 Å². The molecule has 0 amide bonds. The zero-order valence-corrected chi connectivity index (χ0v) is 13.8. The van der Waals surface area contributed by atoms with E-state index in [0.717, 1.165) is 13.8 Å². The van der Waals surface area contributed by atoms with E-state index in [4.69, 9.17) is 0 Å². The second-order valence-corrected chi connectivity index (χ2v) is 7.01. The first-order valence-corrected chi connectivity index (χ1v) is 7.46. The van der Waals surface area contributed by atoms with E-state index in [0.29, 0.717) is 0 Å². The summed E-state index contributed by atoms with van der Waals surface area (Å²) in [4.78, 5) is 48.1. The summed E-state index contributed by atoms with van der Waals surface area (Å²) in [6, 6.07) is 0. The zero-order chi connectivity index (χ0) is 18.8. The van der Waals surface area contributed by atoms with Gasteiger partial charge in [0.05, 0.1) is 16.6 Å². The molecule has 132 valence electrons. The molecule has 0 saturated heterocycles. The first kappa shape index (κ1) is 18.1. The molecule has 1 saturated carbocycles. The molecule has 4 atom stereocenters. The Balaban J connectivity index is 3.00. The van der Waals surface area contributed by atoms with Crippen molar-refractivity contribution in [3.63, 3.8) is 0 Å². The van der Waals surface area contributed by atoms with Gasteiger partial charge in [0.25, 0.3) is 0 Å². The lowest BCUT2D eigenvalue weighted by Gasteiger charge is -2.45. The number of Topliss-reactive ketones (excluding diaryl/α,β-unsaturated/α-hetero) is 2. The molecule has 0 spiro atoms. The number of carbonyl (C=O) groups excluding carboxylic acids is 2. The number of hydrogen-bond donors (Lipinski definition) is 4. The van der Waals surface area contributed by atoms with Crippen LogP contribution >= 0.6 is 0 Å². The molecule has 4 N–H and O–H groups in total. The highest BCUT2D eigenvalue weighted by molar-refractivity contribution is 6.21. The van der Waals surface area contributed by atoms with E-state index < -0.39 is 63.1 Å². The topological polar surface area (TPSA) is 149 Å². The van der Waals surface area contributed by atoms with E-state index in [1.807, 2.05) is 0 Å². The molecular weight excluding hydrogens is 320 g/mol. The molecule has 0 bridgehead atoms. The lowest BCUT2D eigenvalue weighted by molar-refractivity contribution is -0.195. The monoisotopic (exact) mass is 340 g/mol. The van der Waals surface area contributed by atoms with Crippen LogP contribution in [0.5, 0.6) is 0 Å². The van der Waals surface area contributed by atoms with Crippen LogP contribution in [0.4, 0.5) is 0 Å². The Bertz CT molecular complexity index is 687. The average molecular weight is 340 g/mol. The predicted molar refractivity (Wildman–Crippen MR) is 79.0 cm³/mol. The maximum absolute atomic E-state index is 12.2. The van der Waals surface area contributed by atoms with Crippen molar-refractivity contribution in [3.8, 4) is 0 Å². The number of carboxylic acid groups (broad SMARTS) is 2. The van der Waals surface area contributed by atoms with Gasteiger partial charge in [-0.2, -0.15) is 0 Å². The third kappa shape index (κ3) is 1.61. The lowest BCUT2D eigenvalue weighted by atomic mass is 9.55. The van der Waals surface area contributed by atoms with Gasteiger partial charge in [-0.1, -0.05) is 13.8 Å². The number of allylic oxidation sites excluding steroid dienone is 2. The van der Waals surface area contributed by atoms with E-state index >= 15 is 0 Å². The Morgan fingerprint density at radius 1 is 1.12 bits per heavy atom. The van der Waals surface area contributed by atoms with E-state index in [9.17, 15) is 39.6 Å². The number of aliphatic carboxylic acids is 2. The Kier molecular flexibility index (Phi) is 3.69. The maximum Gasteiger partial charge on any atom is 0.325 e. The number of aliphatic hydroxyl groups excluding tert-OH is 1. The van der Waals surface area contributed by atoms with Gasteiger partial charge in [-0.05, 0) is 25.7 Å². The normalized spacial score (nSPS) is 38.0. The smallest absolute Gasteiger partial charge is 0.325 e. The number of hydrogen-bond acceptors (Lipinski definition) is 6. The van der Waals surface area contributed by atoms with E-state index in [2.05, 4.69) is 0 Å². The third-order valence-corrected chi connectivity index (χ3v) is 6.18. The number of fused-ring (bicyclic) bond motifs is 1. The predicted octanol–water partition coefficient (Wildman–Crippen LogP) is 0.539. The SMILES string of the molecule is CC(=O)C1=C(O)[C@@]2(C)[C@@H](CC1=O)[C@H](C)[C@](C)(O)C2(C(=O)O)C(=O)O. The first-order valence-electron chi connectivity index (χ1n) is 7.46. The Labute approximate surface area is 137 Å². The highest BCUT2D eigenvalue weighted by Gasteiger charge is 2.81. The van der Waals surface area contributed by atoms with Crippen LogP contribution in [-0.4, -0.2) is 49.5 Å². The molecule has 1 fully saturated rings. The minimum atomic E-state index is -2.81. The molecule has 0 aromatic heterocycles. The highest BCUT2D eigenvalue weighted by Crippen LogP contribution is 2.69. The molecule has 0 unspecified atom stereocenters. The molecule has 0 aromatic carbocycles. The van der Waals surface area contributed by atoms with E-state index in [1.165, 1.54) is 13.8 Å². The Morgan fingerprint density at radius 3 is 1.96 bits per heavy atom. The van der Waals surface area contributed by atoms with Crippen LogP contribution in [0.2, 0.25) is 0 Å². The minimum Gasteiger partial charge on any atom is -0.511 e. The van der Waals surface area contributed by atoms with Crippen molar-refractivity contribution in [2.75, 3.05) is 0 Å². The van der Waals surface area contributed by atoms with Crippen molar-refractivity contribution in [3.05, 3.63) is 11.3 Å². The molecule has 0 aliphatic heterocycles. The van der Waals surface area contributed by atoms with Crippen LogP contribution in [0.1, 0.15) is 34.1 Å². The number of carbonyl (C=O) groups is 4. The molecular formula is C16H20O8. The molecule has 8 heteroatoms. The quantitative estimate of drug-likeness (QED) is 0.429. The van der Waals surface area contributed by atoms with E-state index in [-0.39, 0.29) is 6.42 Å². The molecule has 0 heterocycles. The van der Waals surface area contributed by atoms with Gasteiger partial charge in [0.1, 0.15) is 5.76 Å². The zero-order valence-electron chi connectivity index (χ0n) is 13.8. The third-order valence-electron chi connectivity index (χ3n) is 6.18. The molecule has 2 rings (SSSR count). The fourth-order valence-corrected chi connectivity index (χ4v) is 4.80. The molecule has 0 aromatic rings. The van der Waals surface area contributed by atoms with Gasteiger partial charge < -0.3 is 20.4 Å². The minimum absolute atomic E-state index is 0.324. The second kappa shape index (κ2) is 4.89. The van der Waals surface area contributed by atoms with Gasteiger partial charge >= 0.3 is 11.9 Å². The molecule has 8 nitrogen and oxygen atoms in total. The van der Waals surface area contributed by atoms with Gasteiger partial charge in [0, 0.05) is 6.42 Å². The van der Waals surface area contributed by atoms with E-state index in [1.54, 1.807) is 0 Å². The summed E-state index contributed by atoms with van der Waals surface area (Å²) in [5.74, 6) is -7.87. The van der Waals surface area contributed by atoms with Crippen molar-refractivity contribution in [2.45, 2.75) is 39.7 Å². The summed E-state index contributed by atoms with van der Waals surface area (Å²) >= 11 is 0. The summed E-state index contributed by atoms with van der Waals surface area (Å²) in [7, 11) is 0. The largest absolute Gasteiger partial charge is 0.511 e. The second-order valence-electron chi connectivity index (χ2n) is 7.01. The molecule has 2 aliphatic carbocycles. The summed E-state index contributed by atoms with van der Waals surface area (Å²) < 4.78 is 0. The number of ketones is 2. The molecule has 0 radical (unpaired) electrons. The number of carboxylic acids is 2. The van der Waals surface area contributed by atoms with Gasteiger partial charge in [0.15, 0.2) is 11.6 Å². The summed E-state index contributed by atoms with van der Waals surface area (Å²) in [6.07, 6.45) is -0.324. The van der Waals surface area contributed by atoms with Crippen molar-refractivity contribution in [1.29, 1.82) is 0 Å². The fraction of sp³-hybridized carbons (Fsp3) is 0.625. The van der Waals surface area contributed by atoms with Crippen LogP contribution in [0.15, 0.2) is 11.3 Å². The van der Waals surface area contributed by atoms with Crippen LogP contribution in [-0.2, 0) is 19.2 Å². The summed E-state index contributed by atoms with van der Waals surface area (Å²) in [5, 5.41) is 41.0. The van der Waals surface area contributed by atoms with Crippen molar-refractivity contribution >= 4 is 23.5 Å². The number of rotatable bonds is 3. The molecule has 2 aliphatic rings. The lowest BCUT2D eigenvalue weighted by Crippen LogP contribution is -2.62. The Morgan fingerprint density at radius 2 is 1.58 bits per heavy atom. The first-order chi connectivity index (χ1) is 10.8. The maximum atomic E-state index is 12.2. The van der Waals surface area contributed by atoms with Gasteiger partial charge in [-0.25, -0.2) is 0 Å². The van der Waals surface area contributed by atoms with Crippen LogP contribution in [0, 0.1) is 22.7 Å². The average Bonchev–Trinajstić information content (AvgIpc) is 2.54. The highest BCUT2D eigenvalue weighted by atomic mass is 16.4. The van der Waals surface area contributed by atoms with Crippen LogP contribution in [0.3, 0.4) is 0 Å². The van der Waals surface area contributed by atoms with Crippen molar-refractivity contribution < 1.29 is 39.6 Å². The molecule has 24 heavy (non-hydrogen) atoms. The summed E-state index contributed by atoms with van der Waals surface area (Å²) in [6.45, 7) is 4.74. The number of aliphatic hydroxyl groups is 2.